The molecule has 1 nitrogen and oxygen atoms in total. The van der Waals surface area contributed by atoms with Gasteiger partial charge in [0, 0.05) is 18.4 Å². The van der Waals surface area contributed by atoms with Crippen LogP contribution in [0.4, 0.5) is 8.78 Å². The summed E-state index contributed by atoms with van der Waals surface area (Å²) in [5, 5.41) is 8.61. The molecule has 3 heteroatoms. The lowest BCUT2D eigenvalue weighted by Gasteiger charge is -2.11. The van der Waals surface area contributed by atoms with Gasteiger partial charge in [-0.3, -0.25) is 0 Å². The number of hydrogen-bond donors (Lipinski definition) is 0. The van der Waals surface area contributed by atoms with E-state index in [1.807, 2.05) is 6.92 Å². The maximum atomic E-state index is 12.9. The summed E-state index contributed by atoms with van der Waals surface area (Å²) in [4.78, 5) is 0. The normalized spacial score (nSPS) is 13.3. The summed E-state index contributed by atoms with van der Waals surface area (Å²) in [6.07, 6.45) is 0.603. The molecule has 1 atom stereocenters. The highest BCUT2D eigenvalue weighted by Crippen LogP contribution is 2.27. The smallest absolute Gasteiger partial charge is 0.202 e. The van der Waals surface area contributed by atoms with Crippen LogP contribution in [0.5, 0.6) is 0 Å². The first kappa shape index (κ1) is 11.6. The zero-order chi connectivity index (χ0) is 11.5. The Morgan fingerprint density at radius 3 is 2.27 bits per heavy atom. The molecule has 1 rings (SSSR count). The summed E-state index contributed by atoms with van der Waals surface area (Å²) in [7, 11) is 0. The number of rotatable bonds is 3. The molecule has 80 valence electrons. The number of nitriles is 1. The Bertz CT molecular complexity index is 357. The number of alkyl halides is 2. The Balaban J connectivity index is 2.78. The van der Waals surface area contributed by atoms with Crippen LogP contribution < -0.4 is 0 Å². The van der Waals surface area contributed by atoms with Gasteiger partial charge in [-0.05, 0) is 18.9 Å². The van der Waals surface area contributed by atoms with Crippen molar-refractivity contribution in [2.24, 2.45) is 5.92 Å². The van der Waals surface area contributed by atoms with Crippen LogP contribution in [-0.2, 0) is 12.3 Å². The second kappa shape index (κ2) is 4.39. The third-order valence-corrected chi connectivity index (χ3v) is 2.22. The highest BCUT2D eigenvalue weighted by atomic mass is 19.3. The Labute approximate surface area is 88.3 Å². The van der Waals surface area contributed by atoms with Crippen LogP contribution in [0, 0.1) is 17.2 Å². The van der Waals surface area contributed by atoms with Crippen molar-refractivity contribution in [3.8, 4) is 6.07 Å². The molecule has 0 radical (unpaired) electrons. The first-order valence-electron chi connectivity index (χ1n) is 4.80. The van der Waals surface area contributed by atoms with E-state index in [1.165, 1.54) is 12.1 Å². The van der Waals surface area contributed by atoms with E-state index in [4.69, 9.17) is 5.26 Å². The third-order valence-electron chi connectivity index (χ3n) is 2.22. The maximum absolute atomic E-state index is 12.9. The second-order valence-electron chi connectivity index (χ2n) is 3.82. The summed E-state index contributed by atoms with van der Waals surface area (Å²) in [5.41, 5.74) is 0.924. The zero-order valence-corrected chi connectivity index (χ0v) is 8.80. The summed E-state index contributed by atoms with van der Waals surface area (Å²) in [5.74, 6) is -2.88. The van der Waals surface area contributed by atoms with E-state index in [-0.39, 0.29) is 11.5 Å². The van der Waals surface area contributed by atoms with Gasteiger partial charge in [0.25, 0.3) is 5.92 Å². The zero-order valence-electron chi connectivity index (χ0n) is 8.80. The van der Waals surface area contributed by atoms with Gasteiger partial charge in [0.2, 0.25) is 0 Å². The molecule has 0 aliphatic carbocycles. The lowest BCUT2D eigenvalue weighted by atomic mass is 10.00. The molecule has 15 heavy (non-hydrogen) atoms. The van der Waals surface area contributed by atoms with Crippen molar-refractivity contribution in [3.05, 3.63) is 35.4 Å². The van der Waals surface area contributed by atoms with Crippen LogP contribution in [-0.4, -0.2) is 0 Å². The van der Waals surface area contributed by atoms with Gasteiger partial charge in [-0.2, -0.15) is 5.26 Å². The van der Waals surface area contributed by atoms with Crippen molar-refractivity contribution in [3.63, 3.8) is 0 Å². The van der Waals surface area contributed by atoms with Crippen molar-refractivity contribution in [2.45, 2.75) is 26.2 Å². The highest BCUT2D eigenvalue weighted by molar-refractivity contribution is 5.26. The fourth-order valence-electron chi connectivity index (χ4n) is 1.33. The highest BCUT2D eigenvalue weighted by Gasteiger charge is 2.23. The first-order chi connectivity index (χ1) is 6.93. The van der Waals surface area contributed by atoms with E-state index in [0.717, 1.165) is 12.5 Å². The molecule has 0 aromatic heterocycles. The Morgan fingerprint density at radius 2 is 1.87 bits per heavy atom. The lowest BCUT2D eigenvalue weighted by molar-refractivity contribution is 0.0174. The number of hydrogen-bond acceptors (Lipinski definition) is 1. The van der Waals surface area contributed by atoms with Gasteiger partial charge in [-0.25, -0.2) is 8.78 Å². The van der Waals surface area contributed by atoms with Crippen LogP contribution in [0.1, 0.15) is 25.0 Å². The average molecular weight is 209 g/mol. The van der Waals surface area contributed by atoms with Gasteiger partial charge in [-0.1, -0.05) is 24.3 Å². The molecule has 0 amide bonds. The van der Waals surface area contributed by atoms with Crippen molar-refractivity contribution < 1.29 is 8.78 Å². The Morgan fingerprint density at radius 1 is 1.33 bits per heavy atom. The predicted octanol–water partition coefficient (Wildman–Crippen LogP) is 3.50. The van der Waals surface area contributed by atoms with E-state index >= 15 is 0 Å². The molecular formula is C12H13F2N. The summed E-state index contributed by atoms with van der Waals surface area (Å²) >= 11 is 0. The maximum Gasteiger partial charge on any atom is 0.270 e. The molecule has 0 unspecified atom stereocenters. The number of nitrogens with zero attached hydrogens (tertiary/aromatic N) is 1. The SMILES string of the molecule is C[C@H](C#N)Cc1ccc(C(C)(F)F)cc1. The standard InChI is InChI=1S/C12H13F2N/c1-9(8-15)7-10-3-5-11(6-4-10)12(2,13)14/h3-6,9H,7H2,1-2H3/t9-/m0/s1. The van der Waals surface area contributed by atoms with E-state index in [1.54, 1.807) is 12.1 Å². The van der Waals surface area contributed by atoms with Crippen molar-refractivity contribution in [2.75, 3.05) is 0 Å². The fraction of sp³-hybridized carbons (Fsp3) is 0.417. The molecule has 0 N–H and O–H groups in total. The van der Waals surface area contributed by atoms with Crippen molar-refractivity contribution in [1.29, 1.82) is 5.26 Å². The molecule has 1 aromatic rings. The van der Waals surface area contributed by atoms with E-state index < -0.39 is 5.92 Å². The van der Waals surface area contributed by atoms with E-state index in [2.05, 4.69) is 6.07 Å². The minimum Gasteiger partial charge on any atom is -0.202 e. The molecule has 0 spiro atoms. The third kappa shape index (κ3) is 3.32. The van der Waals surface area contributed by atoms with Gasteiger partial charge in [0.1, 0.15) is 0 Å². The largest absolute Gasteiger partial charge is 0.270 e. The lowest BCUT2D eigenvalue weighted by Crippen LogP contribution is -2.07. The molecular weight excluding hydrogens is 196 g/mol. The summed E-state index contributed by atoms with van der Waals surface area (Å²) in [6.45, 7) is 2.68. The second-order valence-corrected chi connectivity index (χ2v) is 3.82. The fourth-order valence-corrected chi connectivity index (χ4v) is 1.33. The van der Waals surface area contributed by atoms with Gasteiger partial charge in [0.15, 0.2) is 0 Å². The first-order valence-corrected chi connectivity index (χ1v) is 4.80. The van der Waals surface area contributed by atoms with Crippen LogP contribution in [0.25, 0.3) is 0 Å². The minimum absolute atomic E-state index is 0.0101. The summed E-state index contributed by atoms with van der Waals surface area (Å²) in [6, 6.07) is 8.25. The molecule has 0 aliphatic rings. The van der Waals surface area contributed by atoms with Crippen molar-refractivity contribution in [1.82, 2.24) is 0 Å². The molecule has 0 saturated carbocycles. The number of halogens is 2. The van der Waals surface area contributed by atoms with E-state index in [9.17, 15) is 8.78 Å². The topological polar surface area (TPSA) is 23.8 Å². The van der Waals surface area contributed by atoms with Crippen LogP contribution >= 0.6 is 0 Å². The summed E-state index contributed by atoms with van der Waals surface area (Å²) < 4.78 is 25.7. The number of benzene rings is 1. The van der Waals surface area contributed by atoms with Crippen LogP contribution in [0.3, 0.4) is 0 Å². The van der Waals surface area contributed by atoms with Gasteiger partial charge >= 0.3 is 0 Å². The quantitative estimate of drug-likeness (QED) is 0.747. The van der Waals surface area contributed by atoms with Crippen LogP contribution in [0.2, 0.25) is 0 Å². The van der Waals surface area contributed by atoms with Crippen LogP contribution in [0.15, 0.2) is 24.3 Å². The molecule has 0 bridgehead atoms. The predicted molar refractivity (Wildman–Crippen MR) is 54.5 cm³/mol. The minimum atomic E-state index is -2.79. The Hall–Kier alpha value is -1.43. The molecule has 1 aromatic carbocycles. The van der Waals surface area contributed by atoms with E-state index in [0.29, 0.717) is 6.42 Å². The monoisotopic (exact) mass is 209 g/mol. The van der Waals surface area contributed by atoms with Gasteiger partial charge in [-0.15, -0.1) is 0 Å². The molecule has 0 heterocycles. The Kier molecular flexibility index (Phi) is 3.41. The van der Waals surface area contributed by atoms with Gasteiger partial charge < -0.3 is 0 Å². The molecule has 0 aliphatic heterocycles. The molecule has 0 saturated heterocycles. The van der Waals surface area contributed by atoms with Crippen molar-refractivity contribution >= 4 is 0 Å². The average Bonchev–Trinajstić information content (AvgIpc) is 2.17. The molecule has 0 fully saturated rings. The van der Waals surface area contributed by atoms with Gasteiger partial charge in [0.05, 0.1) is 6.07 Å².